The Balaban J connectivity index is 2.89. The van der Waals surface area contributed by atoms with Crippen LogP contribution < -0.4 is 4.74 Å². The van der Waals surface area contributed by atoms with Crippen LogP contribution in [0.4, 0.5) is 0 Å². The lowest BCUT2D eigenvalue weighted by atomic mass is 9.83. The fourth-order valence-corrected chi connectivity index (χ4v) is 2.18. The summed E-state index contributed by atoms with van der Waals surface area (Å²) in [4.78, 5) is 25.0. The summed E-state index contributed by atoms with van der Waals surface area (Å²) in [6.45, 7) is 5.44. The molecule has 0 bridgehead atoms. The molecule has 0 saturated heterocycles. The zero-order valence-electron chi connectivity index (χ0n) is 13.2. The van der Waals surface area contributed by atoms with E-state index < -0.39 is 17.3 Å². The molecule has 0 aliphatic carbocycles. The lowest BCUT2D eigenvalue weighted by molar-refractivity contribution is -0.143. The molecule has 1 N–H and O–H groups in total. The van der Waals surface area contributed by atoms with Gasteiger partial charge in [-0.1, -0.05) is 19.1 Å². The van der Waals surface area contributed by atoms with Crippen molar-refractivity contribution in [3.63, 3.8) is 0 Å². The van der Waals surface area contributed by atoms with Crippen molar-refractivity contribution in [3.05, 3.63) is 29.8 Å². The molecule has 5 heteroatoms. The zero-order valence-corrected chi connectivity index (χ0v) is 13.2. The Morgan fingerprint density at radius 3 is 2.24 bits per heavy atom. The van der Waals surface area contributed by atoms with Gasteiger partial charge in [0.15, 0.2) is 0 Å². The first-order valence-electron chi connectivity index (χ1n) is 6.83. The summed E-state index contributed by atoms with van der Waals surface area (Å²) in [5.74, 6) is -0.877. The summed E-state index contributed by atoms with van der Waals surface area (Å²) in [7, 11) is 3.22. The van der Waals surface area contributed by atoms with Crippen LogP contribution in [0.15, 0.2) is 24.3 Å². The maximum absolute atomic E-state index is 12.6. The molecule has 1 aromatic rings. The van der Waals surface area contributed by atoms with Crippen molar-refractivity contribution in [2.75, 3.05) is 20.7 Å². The van der Waals surface area contributed by atoms with Crippen molar-refractivity contribution >= 4 is 11.9 Å². The van der Waals surface area contributed by atoms with E-state index in [-0.39, 0.29) is 12.5 Å². The number of ether oxygens (including phenoxy) is 1. The largest absolute Gasteiger partial charge is 0.497 e. The van der Waals surface area contributed by atoms with Gasteiger partial charge in [-0.2, -0.15) is 0 Å². The van der Waals surface area contributed by atoms with Crippen LogP contribution in [0.25, 0.3) is 0 Å². The van der Waals surface area contributed by atoms with Gasteiger partial charge in [0.25, 0.3) is 0 Å². The topological polar surface area (TPSA) is 66.8 Å². The molecular formula is C16H23NO4. The van der Waals surface area contributed by atoms with Crippen LogP contribution in [0.1, 0.15) is 26.3 Å². The van der Waals surface area contributed by atoms with Gasteiger partial charge < -0.3 is 14.7 Å². The first-order valence-corrected chi connectivity index (χ1v) is 6.83. The fourth-order valence-electron chi connectivity index (χ4n) is 2.18. The SMILES string of the molecule is COc1ccc(C(C)(C)C(=O)N(C)CC(C)C(=O)O)cc1. The number of benzene rings is 1. The van der Waals surface area contributed by atoms with Crippen LogP contribution in [0.3, 0.4) is 0 Å². The minimum atomic E-state index is -0.906. The molecule has 0 radical (unpaired) electrons. The van der Waals surface area contributed by atoms with E-state index in [1.807, 2.05) is 38.1 Å². The molecule has 0 aromatic heterocycles. The van der Waals surface area contributed by atoms with Crippen LogP contribution >= 0.6 is 0 Å². The van der Waals surface area contributed by atoms with Crippen molar-refractivity contribution in [1.29, 1.82) is 0 Å². The van der Waals surface area contributed by atoms with Crippen LogP contribution in [0.5, 0.6) is 5.75 Å². The maximum atomic E-state index is 12.6. The van der Waals surface area contributed by atoms with E-state index in [0.717, 1.165) is 11.3 Å². The highest BCUT2D eigenvalue weighted by Crippen LogP contribution is 2.27. The lowest BCUT2D eigenvalue weighted by Crippen LogP contribution is -2.43. The quantitative estimate of drug-likeness (QED) is 0.872. The first-order chi connectivity index (χ1) is 9.70. The molecule has 0 heterocycles. The van der Waals surface area contributed by atoms with E-state index >= 15 is 0 Å². The molecule has 1 amide bonds. The Morgan fingerprint density at radius 2 is 1.81 bits per heavy atom. The molecule has 0 fully saturated rings. The number of carbonyl (C=O) groups is 2. The summed E-state index contributed by atoms with van der Waals surface area (Å²) in [6, 6.07) is 7.32. The van der Waals surface area contributed by atoms with Gasteiger partial charge in [0.05, 0.1) is 18.4 Å². The van der Waals surface area contributed by atoms with Gasteiger partial charge in [0, 0.05) is 13.6 Å². The summed E-state index contributed by atoms with van der Waals surface area (Å²) < 4.78 is 5.11. The third-order valence-corrected chi connectivity index (χ3v) is 3.66. The Labute approximate surface area is 125 Å². The van der Waals surface area contributed by atoms with Gasteiger partial charge in [-0.05, 0) is 31.5 Å². The van der Waals surface area contributed by atoms with Gasteiger partial charge in [0.1, 0.15) is 5.75 Å². The number of carboxylic acid groups (broad SMARTS) is 1. The number of hydrogen-bond donors (Lipinski definition) is 1. The molecule has 1 rings (SSSR count). The van der Waals surface area contributed by atoms with Crippen LogP contribution in [-0.2, 0) is 15.0 Å². The van der Waals surface area contributed by atoms with Crippen LogP contribution in [-0.4, -0.2) is 42.6 Å². The first kappa shape index (κ1) is 17.0. The van der Waals surface area contributed by atoms with Crippen molar-refractivity contribution in [1.82, 2.24) is 4.90 Å². The lowest BCUT2D eigenvalue weighted by Gasteiger charge is -2.30. The second-order valence-electron chi connectivity index (χ2n) is 5.78. The highest BCUT2D eigenvalue weighted by Gasteiger charge is 2.33. The number of nitrogens with zero attached hydrogens (tertiary/aromatic N) is 1. The summed E-state index contributed by atoms with van der Waals surface area (Å²) in [6.07, 6.45) is 0. The Morgan fingerprint density at radius 1 is 1.29 bits per heavy atom. The van der Waals surface area contributed by atoms with E-state index in [1.54, 1.807) is 21.1 Å². The minimum absolute atomic E-state index is 0.110. The molecule has 1 atom stereocenters. The average molecular weight is 293 g/mol. The van der Waals surface area contributed by atoms with Crippen LogP contribution in [0, 0.1) is 5.92 Å². The molecule has 0 saturated carbocycles. The smallest absolute Gasteiger partial charge is 0.308 e. The monoisotopic (exact) mass is 293 g/mol. The number of methoxy groups -OCH3 is 1. The number of carboxylic acids is 1. The van der Waals surface area contributed by atoms with E-state index in [0.29, 0.717) is 0 Å². The third kappa shape index (κ3) is 3.97. The van der Waals surface area contributed by atoms with E-state index in [1.165, 1.54) is 4.90 Å². The average Bonchev–Trinajstić information content (AvgIpc) is 2.46. The predicted octanol–water partition coefficient (Wildman–Crippen LogP) is 2.15. The van der Waals surface area contributed by atoms with Crippen molar-refractivity contribution < 1.29 is 19.4 Å². The summed E-state index contributed by atoms with van der Waals surface area (Å²) in [5.41, 5.74) is 0.141. The molecule has 0 aliphatic heterocycles. The zero-order chi connectivity index (χ0) is 16.2. The van der Waals surface area contributed by atoms with Gasteiger partial charge in [-0.3, -0.25) is 9.59 Å². The second-order valence-corrected chi connectivity index (χ2v) is 5.78. The molecule has 1 unspecified atom stereocenters. The number of aliphatic carboxylic acids is 1. The number of carbonyl (C=O) groups excluding carboxylic acids is 1. The normalized spacial score (nSPS) is 12.6. The Hall–Kier alpha value is -2.04. The van der Waals surface area contributed by atoms with Gasteiger partial charge in [-0.15, -0.1) is 0 Å². The highest BCUT2D eigenvalue weighted by molar-refractivity contribution is 5.87. The highest BCUT2D eigenvalue weighted by atomic mass is 16.5. The van der Waals surface area contributed by atoms with Crippen molar-refractivity contribution in [2.45, 2.75) is 26.2 Å². The van der Waals surface area contributed by atoms with Gasteiger partial charge in [-0.25, -0.2) is 0 Å². The van der Waals surface area contributed by atoms with E-state index in [9.17, 15) is 9.59 Å². The van der Waals surface area contributed by atoms with E-state index in [4.69, 9.17) is 9.84 Å². The third-order valence-electron chi connectivity index (χ3n) is 3.66. The van der Waals surface area contributed by atoms with Crippen LogP contribution in [0.2, 0.25) is 0 Å². The summed E-state index contributed by atoms with van der Waals surface area (Å²) >= 11 is 0. The number of amides is 1. The Kier molecular flexibility index (Phi) is 5.35. The number of hydrogen-bond acceptors (Lipinski definition) is 3. The number of rotatable bonds is 6. The molecule has 0 spiro atoms. The standard InChI is InChI=1S/C16H23NO4/c1-11(14(18)19)10-17(4)15(20)16(2,3)12-6-8-13(21-5)9-7-12/h6-9,11H,10H2,1-5H3,(H,18,19). The van der Waals surface area contributed by atoms with Gasteiger partial charge >= 0.3 is 5.97 Å². The van der Waals surface area contributed by atoms with Crippen molar-refractivity contribution in [3.8, 4) is 5.75 Å². The molecule has 5 nitrogen and oxygen atoms in total. The fraction of sp³-hybridized carbons (Fsp3) is 0.500. The number of likely N-dealkylation sites (N-methyl/N-ethyl adjacent to an activating group) is 1. The molecule has 21 heavy (non-hydrogen) atoms. The molecule has 0 aliphatic rings. The molecular weight excluding hydrogens is 270 g/mol. The second kappa shape index (κ2) is 6.61. The molecule has 116 valence electrons. The maximum Gasteiger partial charge on any atom is 0.308 e. The summed E-state index contributed by atoms with van der Waals surface area (Å²) in [5, 5.41) is 8.94. The van der Waals surface area contributed by atoms with Crippen molar-refractivity contribution in [2.24, 2.45) is 5.92 Å². The minimum Gasteiger partial charge on any atom is -0.497 e. The van der Waals surface area contributed by atoms with Gasteiger partial charge in [0.2, 0.25) is 5.91 Å². The molecule has 1 aromatic carbocycles. The van der Waals surface area contributed by atoms with E-state index in [2.05, 4.69) is 0 Å². The Bertz CT molecular complexity index is 508. The predicted molar refractivity (Wildman–Crippen MR) is 80.5 cm³/mol.